The summed E-state index contributed by atoms with van der Waals surface area (Å²) in [7, 11) is 1.32. The minimum absolute atomic E-state index is 0.199. The molecule has 1 atom stereocenters. The maximum Gasteiger partial charge on any atom is 0.338 e. The van der Waals surface area contributed by atoms with Crippen LogP contribution in [0.5, 0.6) is 5.75 Å². The van der Waals surface area contributed by atoms with E-state index in [1.54, 1.807) is 0 Å². The Morgan fingerprint density at radius 1 is 1.23 bits per heavy atom. The molecule has 0 saturated carbocycles. The summed E-state index contributed by atoms with van der Waals surface area (Å²) in [5.41, 5.74) is 2.76. The molecule has 2 aliphatic rings. The van der Waals surface area contributed by atoms with Crippen LogP contribution in [0.1, 0.15) is 51.1 Å². The van der Waals surface area contributed by atoms with E-state index in [0.717, 1.165) is 37.0 Å². The summed E-state index contributed by atoms with van der Waals surface area (Å²) in [4.78, 5) is 31.6. The van der Waals surface area contributed by atoms with Crippen LogP contribution in [0.4, 0.5) is 0 Å². The minimum atomic E-state index is -0.532. The standard InChI is InChI=1S/C24H26N2O4/c1-29-24(28)20-9-11-25-14-21(20)23(27)26(15-17-5-3-2-4-6-17)16-18-7-8-22-19(13-18)10-12-30-22/h2-3,7-9,11,13-14,17H,4-6,10,12,15-16H2,1H3. The van der Waals surface area contributed by atoms with Crippen LogP contribution in [0, 0.1) is 5.92 Å². The van der Waals surface area contributed by atoms with Gasteiger partial charge in [-0.3, -0.25) is 9.78 Å². The highest BCUT2D eigenvalue weighted by atomic mass is 16.5. The lowest BCUT2D eigenvalue weighted by atomic mass is 9.93. The quantitative estimate of drug-likeness (QED) is 0.539. The molecule has 6 nitrogen and oxygen atoms in total. The Balaban J connectivity index is 1.62. The third-order valence-corrected chi connectivity index (χ3v) is 5.73. The van der Waals surface area contributed by atoms with Crippen molar-refractivity contribution in [2.24, 2.45) is 5.92 Å². The van der Waals surface area contributed by atoms with Gasteiger partial charge in [0, 0.05) is 31.9 Å². The normalized spacial score (nSPS) is 17.2. The number of hydrogen-bond acceptors (Lipinski definition) is 5. The molecule has 30 heavy (non-hydrogen) atoms. The number of carbonyl (C=O) groups is 2. The second kappa shape index (κ2) is 9.11. The number of rotatable bonds is 6. The third kappa shape index (κ3) is 4.37. The maximum absolute atomic E-state index is 13.5. The molecule has 1 aromatic heterocycles. The zero-order valence-corrected chi connectivity index (χ0v) is 17.2. The Morgan fingerprint density at radius 2 is 2.13 bits per heavy atom. The average Bonchev–Trinajstić information content (AvgIpc) is 3.26. The van der Waals surface area contributed by atoms with Crippen molar-refractivity contribution in [3.05, 3.63) is 71.1 Å². The Hall–Kier alpha value is -3.15. The van der Waals surface area contributed by atoms with Gasteiger partial charge in [-0.1, -0.05) is 24.3 Å². The monoisotopic (exact) mass is 406 g/mol. The Kier molecular flexibility index (Phi) is 6.12. The van der Waals surface area contributed by atoms with Gasteiger partial charge in [-0.15, -0.1) is 0 Å². The van der Waals surface area contributed by atoms with E-state index in [2.05, 4.69) is 23.2 Å². The first-order chi connectivity index (χ1) is 14.7. The van der Waals surface area contributed by atoms with E-state index in [1.807, 2.05) is 17.0 Å². The predicted molar refractivity (Wildman–Crippen MR) is 112 cm³/mol. The second-order valence-electron chi connectivity index (χ2n) is 7.79. The maximum atomic E-state index is 13.5. The fourth-order valence-electron chi connectivity index (χ4n) is 4.13. The first kappa shape index (κ1) is 20.1. The van der Waals surface area contributed by atoms with Gasteiger partial charge in [0.05, 0.1) is 24.8 Å². The zero-order chi connectivity index (χ0) is 20.9. The van der Waals surface area contributed by atoms with Crippen molar-refractivity contribution < 1.29 is 19.1 Å². The first-order valence-corrected chi connectivity index (χ1v) is 10.4. The summed E-state index contributed by atoms with van der Waals surface area (Å²) >= 11 is 0. The summed E-state index contributed by atoms with van der Waals surface area (Å²) < 4.78 is 10.5. The second-order valence-corrected chi connectivity index (χ2v) is 7.79. The molecule has 1 unspecified atom stereocenters. The first-order valence-electron chi connectivity index (χ1n) is 10.4. The van der Waals surface area contributed by atoms with Gasteiger partial charge in [0.15, 0.2) is 0 Å². The van der Waals surface area contributed by atoms with Crippen molar-refractivity contribution in [2.45, 2.75) is 32.2 Å². The van der Waals surface area contributed by atoms with Crippen LogP contribution < -0.4 is 4.74 Å². The van der Waals surface area contributed by atoms with Crippen molar-refractivity contribution in [1.82, 2.24) is 9.88 Å². The van der Waals surface area contributed by atoms with Crippen LogP contribution in [0.3, 0.4) is 0 Å². The highest BCUT2D eigenvalue weighted by Crippen LogP contribution is 2.28. The molecular weight excluding hydrogens is 380 g/mol. The highest BCUT2D eigenvalue weighted by molar-refractivity contribution is 6.05. The lowest BCUT2D eigenvalue weighted by Gasteiger charge is -2.29. The van der Waals surface area contributed by atoms with Gasteiger partial charge in [-0.05, 0) is 48.4 Å². The number of aromatic nitrogens is 1. The summed E-state index contributed by atoms with van der Waals surface area (Å²) in [6.45, 7) is 1.81. The minimum Gasteiger partial charge on any atom is -0.493 e. The lowest BCUT2D eigenvalue weighted by molar-refractivity contribution is 0.0586. The molecule has 0 radical (unpaired) electrons. The molecule has 1 amide bonds. The molecule has 2 aromatic rings. The summed E-state index contributed by atoms with van der Waals surface area (Å²) in [6, 6.07) is 7.64. The number of hydrogen-bond donors (Lipinski definition) is 0. The van der Waals surface area contributed by atoms with Gasteiger partial charge < -0.3 is 14.4 Å². The zero-order valence-electron chi connectivity index (χ0n) is 17.2. The molecule has 1 aliphatic carbocycles. The Bertz CT molecular complexity index is 969. The summed E-state index contributed by atoms with van der Waals surface area (Å²) in [5, 5.41) is 0. The molecule has 1 aromatic carbocycles. The summed E-state index contributed by atoms with van der Waals surface area (Å²) in [6.07, 6.45) is 11.3. The van der Waals surface area contributed by atoms with E-state index < -0.39 is 5.97 Å². The van der Waals surface area contributed by atoms with Crippen LogP contribution >= 0.6 is 0 Å². The molecule has 4 rings (SSSR count). The van der Waals surface area contributed by atoms with E-state index in [0.29, 0.717) is 25.6 Å². The number of allylic oxidation sites excluding steroid dienone is 2. The number of pyridine rings is 1. The number of esters is 1. The average molecular weight is 406 g/mol. The van der Waals surface area contributed by atoms with Gasteiger partial charge in [-0.25, -0.2) is 4.79 Å². The van der Waals surface area contributed by atoms with Crippen molar-refractivity contribution >= 4 is 11.9 Å². The van der Waals surface area contributed by atoms with E-state index in [4.69, 9.17) is 9.47 Å². The molecule has 156 valence electrons. The Morgan fingerprint density at radius 3 is 2.93 bits per heavy atom. The van der Waals surface area contributed by atoms with Crippen LogP contribution in [-0.2, 0) is 17.7 Å². The van der Waals surface area contributed by atoms with Crippen molar-refractivity contribution in [1.29, 1.82) is 0 Å². The van der Waals surface area contributed by atoms with Gasteiger partial charge in [0.25, 0.3) is 5.91 Å². The molecule has 1 aliphatic heterocycles. The van der Waals surface area contributed by atoms with Gasteiger partial charge in [0.1, 0.15) is 5.75 Å². The lowest BCUT2D eigenvalue weighted by Crippen LogP contribution is -2.36. The number of carbonyl (C=O) groups excluding carboxylic acids is 2. The molecule has 0 N–H and O–H groups in total. The van der Waals surface area contributed by atoms with Crippen molar-refractivity contribution in [3.8, 4) is 5.75 Å². The van der Waals surface area contributed by atoms with Crippen LogP contribution in [0.2, 0.25) is 0 Å². The highest BCUT2D eigenvalue weighted by Gasteiger charge is 2.26. The van der Waals surface area contributed by atoms with Crippen LogP contribution in [0.25, 0.3) is 0 Å². The molecular formula is C24H26N2O4. The number of ether oxygens (including phenoxy) is 2. The van der Waals surface area contributed by atoms with Gasteiger partial charge >= 0.3 is 5.97 Å². The van der Waals surface area contributed by atoms with E-state index in [9.17, 15) is 9.59 Å². The van der Waals surface area contributed by atoms with Crippen molar-refractivity contribution in [2.75, 3.05) is 20.3 Å². The van der Waals surface area contributed by atoms with Crippen LogP contribution in [0.15, 0.2) is 48.8 Å². The van der Waals surface area contributed by atoms with E-state index in [-0.39, 0.29) is 17.0 Å². The number of fused-ring (bicyclic) bond motifs is 1. The molecule has 6 heteroatoms. The molecule has 0 fully saturated rings. The molecule has 0 saturated heterocycles. The molecule has 0 spiro atoms. The molecule has 0 bridgehead atoms. The third-order valence-electron chi connectivity index (χ3n) is 5.73. The van der Waals surface area contributed by atoms with Crippen molar-refractivity contribution in [3.63, 3.8) is 0 Å². The smallest absolute Gasteiger partial charge is 0.338 e. The Labute approximate surface area is 176 Å². The number of nitrogens with zero attached hydrogens (tertiary/aromatic N) is 2. The topological polar surface area (TPSA) is 68.7 Å². The summed E-state index contributed by atoms with van der Waals surface area (Å²) in [5.74, 6) is 0.593. The number of benzene rings is 1. The predicted octanol–water partition coefficient (Wildman–Crippen LogP) is 3.80. The van der Waals surface area contributed by atoms with Crippen LogP contribution in [-0.4, -0.2) is 42.0 Å². The fourth-order valence-corrected chi connectivity index (χ4v) is 4.13. The number of methoxy groups -OCH3 is 1. The van der Waals surface area contributed by atoms with E-state index in [1.165, 1.54) is 31.1 Å². The SMILES string of the molecule is COC(=O)c1ccncc1C(=O)N(Cc1ccc2c(c1)CCO2)CC1CC=CCC1. The molecule has 2 heterocycles. The van der Waals surface area contributed by atoms with E-state index >= 15 is 0 Å². The number of amides is 1. The van der Waals surface area contributed by atoms with Gasteiger partial charge in [-0.2, -0.15) is 0 Å². The fraction of sp³-hybridized carbons (Fsp3) is 0.375. The largest absolute Gasteiger partial charge is 0.493 e. The van der Waals surface area contributed by atoms with Gasteiger partial charge in [0.2, 0.25) is 0 Å².